The van der Waals surface area contributed by atoms with E-state index in [1.54, 1.807) is 48.5 Å². The van der Waals surface area contributed by atoms with Gasteiger partial charge in [-0.2, -0.15) is 0 Å². The zero-order valence-corrected chi connectivity index (χ0v) is 29.6. The molecule has 2 aliphatic heterocycles. The van der Waals surface area contributed by atoms with Crippen LogP contribution in [0.5, 0.6) is 0 Å². The van der Waals surface area contributed by atoms with E-state index in [1.807, 2.05) is 24.5 Å². The van der Waals surface area contributed by atoms with Crippen molar-refractivity contribution in [2.45, 2.75) is 76.3 Å². The molecule has 0 radical (unpaired) electrons. The van der Waals surface area contributed by atoms with Crippen molar-refractivity contribution in [3.63, 3.8) is 0 Å². The summed E-state index contributed by atoms with van der Waals surface area (Å²) in [6, 6.07) is 23.1. The quantitative estimate of drug-likeness (QED) is 0.132. The number of carbonyl (C=O) groups is 4. The Morgan fingerprint density at radius 3 is 1.29 bits per heavy atom. The third-order valence-electron chi connectivity index (χ3n) is 10.5. The first-order chi connectivity index (χ1) is 25.5. The van der Waals surface area contributed by atoms with E-state index in [-0.39, 0.29) is 23.6 Å². The molecule has 8 rings (SSSR count). The van der Waals surface area contributed by atoms with Gasteiger partial charge in [0.1, 0.15) is 0 Å². The molecule has 0 fully saturated rings. The van der Waals surface area contributed by atoms with Gasteiger partial charge in [-0.1, -0.05) is 36.4 Å². The van der Waals surface area contributed by atoms with Crippen LogP contribution in [-0.2, 0) is 12.8 Å². The minimum atomic E-state index is -0.163. The van der Waals surface area contributed by atoms with Gasteiger partial charge in [0, 0.05) is 37.6 Å². The van der Waals surface area contributed by atoms with Gasteiger partial charge in [0.2, 0.25) is 0 Å². The van der Waals surface area contributed by atoms with E-state index >= 15 is 0 Å². The van der Waals surface area contributed by atoms with Gasteiger partial charge in [0.05, 0.1) is 33.6 Å². The lowest BCUT2D eigenvalue weighted by Gasteiger charge is -2.25. The zero-order valence-electron chi connectivity index (χ0n) is 29.6. The molecule has 2 unspecified atom stereocenters. The molecular weight excluding hydrogens is 652 g/mol. The van der Waals surface area contributed by atoms with Crippen molar-refractivity contribution in [3.8, 4) is 0 Å². The molecule has 2 aromatic heterocycles. The summed E-state index contributed by atoms with van der Waals surface area (Å²) in [5, 5.41) is 7.18. The second-order valence-corrected chi connectivity index (χ2v) is 13.9. The van der Waals surface area contributed by atoms with E-state index in [0.717, 1.165) is 64.5 Å². The normalized spacial score (nSPS) is 18.8. The third-order valence-corrected chi connectivity index (χ3v) is 10.5. The third kappa shape index (κ3) is 7.59. The standard InChI is InChI=1S/2C21H23N3O2/c2*25-20-16-9-1-2-10-17(16)21(26)24(20)14-4-3-12-22-18-11-5-7-15-8-6-13-23-19(15)18/h2*1-2,6,8-10,13,18,22H,3-5,7,11-12,14H2. The van der Waals surface area contributed by atoms with Crippen LogP contribution in [0.15, 0.2) is 85.2 Å². The van der Waals surface area contributed by atoms with Crippen molar-refractivity contribution in [1.29, 1.82) is 0 Å². The average Bonchev–Trinajstić information content (AvgIpc) is 3.58. The second kappa shape index (κ2) is 16.5. The van der Waals surface area contributed by atoms with Crippen molar-refractivity contribution in [3.05, 3.63) is 130 Å². The highest BCUT2D eigenvalue weighted by Gasteiger charge is 2.35. The fourth-order valence-corrected chi connectivity index (χ4v) is 7.84. The first kappa shape index (κ1) is 35.3. The van der Waals surface area contributed by atoms with E-state index in [1.165, 1.54) is 45.2 Å². The van der Waals surface area contributed by atoms with Gasteiger partial charge >= 0.3 is 0 Å². The largest absolute Gasteiger partial charge is 0.309 e. The Morgan fingerprint density at radius 1 is 0.519 bits per heavy atom. The predicted octanol–water partition coefficient (Wildman–Crippen LogP) is 6.25. The number of amides is 4. The molecule has 268 valence electrons. The fourth-order valence-electron chi connectivity index (χ4n) is 7.84. The lowest BCUT2D eigenvalue weighted by molar-refractivity contribution is 0.0636. The first-order valence-corrected chi connectivity index (χ1v) is 18.8. The van der Waals surface area contributed by atoms with Crippen LogP contribution in [0, 0.1) is 0 Å². The number of benzene rings is 2. The number of aryl methyl sites for hydroxylation is 2. The Morgan fingerprint density at radius 2 is 0.904 bits per heavy atom. The number of unbranched alkanes of at least 4 members (excludes halogenated alkanes) is 2. The van der Waals surface area contributed by atoms with Crippen LogP contribution in [0.2, 0.25) is 0 Å². The van der Waals surface area contributed by atoms with Crippen molar-refractivity contribution in [2.24, 2.45) is 0 Å². The van der Waals surface area contributed by atoms with E-state index in [2.05, 4.69) is 32.7 Å². The predicted molar refractivity (Wildman–Crippen MR) is 198 cm³/mol. The highest BCUT2D eigenvalue weighted by Crippen LogP contribution is 2.29. The Balaban J connectivity index is 0.000000162. The number of imide groups is 2. The molecule has 4 amide bonds. The van der Waals surface area contributed by atoms with Gasteiger partial charge in [-0.05, 0) is 125 Å². The van der Waals surface area contributed by atoms with E-state index in [0.29, 0.717) is 47.4 Å². The topological polar surface area (TPSA) is 125 Å². The molecule has 10 heteroatoms. The van der Waals surface area contributed by atoms with Crippen LogP contribution in [0.4, 0.5) is 0 Å². The SMILES string of the molecule is O=C1c2ccccc2C(=O)N1CCCCNC1CCCc2cccnc21.O=C1c2ccccc2C(=O)N1CCCCNC1CCCc2cccnc21. The number of hydrogen-bond donors (Lipinski definition) is 2. The van der Waals surface area contributed by atoms with Crippen LogP contribution in [0.1, 0.15) is 127 Å². The molecule has 10 nitrogen and oxygen atoms in total. The van der Waals surface area contributed by atoms with Crippen molar-refractivity contribution >= 4 is 23.6 Å². The molecule has 0 saturated heterocycles. The highest BCUT2D eigenvalue weighted by atomic mass is 16.2. The van der Waals surface area contributed by atoms with Gasteiger partial charge in [0.25, 0.3) is 23.6 Å². The van der Waals surface area contributed by atoms with Crippen LogP contribution >= 0.6 is 0 Å². The second-order valence-electron chi connectivity index (χ2n) is 13.9. The summed E-state index contributed by atoms with van der Waals surface area (Å²) in [6.07, 6.45) is 14.0. The molecule has 4 heterocycles. The van der Waals surface area contributed by atoms with Gasteiger partial charge in [-0.25, -0.2) is 0 Å². The number of nitrogens with one attached hydrogen (secondary N) is 2. The fraction of sp³-hybridized carbons (Fsp3) is 0.381. The highest BCUT2D eigenvalue weighted by molar-refractivity contribution is 6.22. The van der Waals surface area contributed by atoms with Crippen molar-refractivity contribution in [2.75, 3.05) is 26.2 Å². The maximum Gasteiger partial charge on any atom is 0.261 e. The molecule has 0 spiro atoms. The molecule has 2 aliphatic carbocycles. The summed E-state index contributed by atoms with van der Waals surface area (Å²) in [5.74, 6) is -0.652. The maximum atomic E-state index is 12.3. The van der Waals surface area contributed by atoms with E-state index in [4.69, 9.17) is 0 Å². The van der Waals surface area contributed by atoms with Gasteiger partial charge in [-0.15, -0.1) is 0 Å². The Bertz CT molecular complexity index is 1740. The van der Waals surface area contributed by atoms with Gasteiger partial charge in [-0.3, -0.25) is 38.9 Å². The van der Waals surface area contributed by atoms with Crippen LogP contribution in [-0.4, -0.2) is 69.6 Å². The number of pyridine rings is 2. The van der Waals surface area contributed by atoms with Crippen LogP contribution in [0.25, 0.3) is 0 Å². The first-order valence-electron chi connectivity index (χ1n) is 18.8. The Hall–Kier alpha value is -5.06. The van der Waals surface area contributed by atoms with Crippen LogP contribution < -0.4 is 10.6 Å². The molecule has 52 heavy (non-hydrogen) atoms. The molecule has 0 bridgehead atoms. The summed E-state index contributed by atoms with van der Waals surface area (Å²) in [7, 11) is 0. The lowest BCUT2D eigenvalue weighted by Crippen LogP contribution is -2.31. The maximum absolute atomic E-state index is 12.3. The van der Waals surface area contributed by atoms with Crippen LogP contribution in [0.3, 0.4) is 0 Å². The summed E-state index contributed by atoms with van der Waals surface area (Å²) in [5.41, 5.74) is 7.17. The summed E-state index contributed by atoms with van der Waals surface area (Å²) in [4.78, 5) is 61.2. The summed E-state index contributed by atoms with van der Waals surface area (Å²) in [6.45, 7) is 2.69. The lowest BCUT2D eigenvalue weighted by atomic mass is 9.92. The number of hydrogen-bond acceptors (Lipinski definition) is 8. The van der Waals surface area contributed by atoms with Gasteiger partial charge < -0.3 is 10.6 Å². The zero-order chi connectivity index (χ0) is 35.9. The molecule has 2 aromatic carbocycles. The molecule has 2 N–H and O–H groups in total. The summed E-state index contributed by atoms with van der Waals surface area (Å²) < 4.78 is 0. The summed E-state index contributed by atoms with van der Waals surface area (Å²) >= 11 is 0. The minimum Gasteiger partial charge on any atom is -0.309 e. The molecular formula is C42H46N6O4. The molecule has 0 saturated carbocycles. The Kier molecular flexibility index (Phi) is 11.2. The van der Waals surface area contributed by atoms with E-state index < -0.39 is 0 Å². The molecule has 2 atom stereocenters. The van der Waals surface area contributed by atoms with Gasteiger partial charge in [0.15, 0.2) is 0 Å². The number of aromatic nitrogens is 2. The number of nitrogens with zero attached hydrogens (tertiary/aromatic N) is 4. The Labute approximate surface area is 305 Å². The monoisotopic (exact) mass is 698 g/mol. The number of carbonyl (C=O) groups excluding carboxylic acids is 4. The molecule has 4 aliphatic rings. The number of fused-ring (bicyclic) bond motifs is 4. The minimum absolute atomic E-state index is 0.163. The van der Waals surface area contributed by atoms with E-state index in [9.17, 15) is 19.2 Å². The average molecular weight is 699 g/mol. The smallest absolute Gasteiger partial charge is 0.261 e. The van der Waals surface area contributed by atoms with Crippen molar-refractivity contribution < 1.29 is 19.2 Å². The molecule has 4 aromatic rings. The number of rotatable bonds is 12. The van der Waals surface area contributed by atoms with Crippen molar-refractivity contribution in [1.82, 2.24) is 30.4 Å².